The zero-order valence-electron chi connectivity index (χ0n) is 36.1. The van der Waals surface area contributed by atoms with Gasteiger partial charge in [0.1, 0.15) is 63.0 Å². The second-order valence-corrected chi connectivity index (χ2v) is 14.9. The average Bonchev–Trinajstić information content (AvgIpc) is 3.86. The molecule has 2 aromatic rings. The van der Waals surface area contributed by atoms with Gasteiger partial charge in [0.15, 0.2) is 0 Å². The summed E-state index contributed by atoms with van der Waals surface area (Å²) in [4.78, 5) is 142. The first-order valence-corrected chi connectivity index (χ1v) is 20.5. The molecule has 2 rings (SSSR count). The Kier molecular flexibility index (Phi) is 23.4. The first kappa shape index (κ1) is 55.4. The Morgan fingerprint density at radius 3 is 1.43 bits per heavy atom. The smallest absolute Gasteiger partial charge is 0.326 e. The predicted octanol–water partition coefficient (Wildman–Crippen LogP) is -3.07. The van der Waals surface area contributed by atoms with Crippen molar-refractivity contribution in [1.82, 2.24) is 49.8 Å². The standard InChI is InChI=1S/C38H55N11O18/c39-23(35(62)42-9-3-1-6-24(36(63)64)43-38(67)44-25(37(65)66)7-8-30(52)53)5-2-4-12-45(15-26-40-10-13-46(26)17-28(50)48(19-31(54)55)20-32(56)57)16-27-41-11-14-47(27)18-29(51)49(21-33(58)59)22-34(60)61/h10-11,13-14,23-25H,1-9,12,15-22,39H2,(H,42,62)(H,52,53)(H,54,55)(H,56,57)(H,58,59)(H,60,61)(H,63,64)(H,65,66)(H2,43,44,67)/t23-,24-,25-/m0/s1. The summed E-state index contributed by atoms with van der Waals surface area (Å²) in [6.45, 7) is -4.05. The van der Waals surface area contributed by atoms with Crippen LogP contribution in [0.2, 0.25) is 0 Å². The van der Waals surface area contributed by atoms with Gasteiger partial charge < -0.3 is 76.4 Å². The van der Waals surface area contributed by atoms with Crippen molar-refractivity contribution in [2.45, 2.75) is 95.7 Å². The fraction of sp³-hybridized carbons (Fsp3) is 0.553. The molecular formula is C38H55N11O18. The molecule has 5 amide bonds. The van der Waals surface area contributed by atoms with Gasteiger partial charge in [0.2, 0.25) is 17.7 Å². The molecule has 0 spiro atoms. The second-order valence-electron chi connectivity index (χ2n) is 14.9. The Hall–Kier alpha value is -7.69. The lowest BCUT2D eigenvalue weighted by Gasteiger charge is -2.24. The summed E-state index contributed by atoms with van der Waals surface area (Å²) in [6.07, 6.45) is 5.97. The molecule has 0 aromatic carbocycles. The van der Waals surface area contributed by atoms with Crippen molar-refractivity contribution in [3.63, 3.8) is 0 Å². The lowest BCUT2D eigenvalue weighted by atomic mass is 10.1. The molecule has 0 aliphatic carbocycles. The van der Waals surface area contributed by atoms with Crippen LogP contribution >= 0.6 is 0 Å². The topological polar surface area (TPSA) is 437 Å². The lowest BCUT2D eigenvalue weighted by molar-refractivity contribution is -0.150. The first-order chi connectivity index (χ1) is 31.6. The third kappa shape index (κ3) is 21.7. The number of nitrogens with two attached hydrogens (primary N) is 1. The maximum Gasteiger partial charge on any atom is 0.326 e. The van der Waals surface area contributed by atoms with Crippen LogP contribution in [0.5, 0.6) is 0 Å². The van der Waals surface area contributed by atoms with Gasteiger partial charge in [0, 0.05) is 37.8 Å². The number of imidazole rings is 2. The number of hydrogen-bond acceptors (Lipinski definition) is 15. The van der Waals surface area contributed by atoms with Crippen LogP contribution in [0, 0.1) is 0 Å². The summed E-state index contributed by atoms with van der Waals surface area (Å²) in [5.41, 5.74) is 6.13. The molecule has 67 heavy (non-hydrogen) atoms. The Labute approximate surface area is 380 Å². The number of unbranched alkanes of at least 4 members (excludes halogenated alkanes) is 2. The average molecular weight is 954 g/mol. The van der Waals surface area contributed by atoms with E-state index in [1.54, 1.807) is 4.90 Å². The summed E-state index contributed by atoms with van der Waals surface area (Å²) < 4.78 is 2.77. The minimum atomic E-state index is -1.57. The monoisotopic (exact) mass is 953 g/mol. The van der Waals surface area contributed by atoms with E-state index in [2.05, 4.69) is 20.6 Å². The van der Waals surface area contributed by atoms with E-state index in [4.69, 9.17) is 10.8 Å². The van der Waals surface area contributed by atoms with Crippen molar-refractivity contribution in [2.24, 2.45) is 5.73 Å². The molecule has 0 fully saturated rings. The number of amides is 5. The van der Waals surface area contributed by atoms with E-state index < -0.39 is 136 Å². The van der Waals surface area contributed by atoms with E-state index in [1.807, 2.05) is 5.32 Å². The Morgan fingerprint density at radius 1 is 0.582 bits per heavy atom. The highest BCUT2D eigenvalue weighted by atomic mass is 16.4. The molecule has 0 bridgehead atoms. The number of carboxylic acid groups (broad SMARTS) is 7. The van der Waals surface area contributed by atoms with Crippen molar-refractivity contribution in [3.05, 3.63) is 36.4 Å². The van der Waals surface area contributed by atoms with Gasteiger partial charge in [-0.2, -0.15) is 0 Å². The molecule has 0 saturated carbocycles. The summed E-state index contributed by atoms with van der Waals surface area (Å²) in [5.74, 6) is -11.5. The van der Waals surface area contributed by atoms with Crippen LogP contribution in [0.15, 0.2) is 24.8 Å². The molecule has 2 aromatic heterocycles. The molecule has 0 aliphatic rings. The molecule has 0 aliphatic heterocycles. The SMILES string of the molecule is N[C@@H](CCCCN(Cc1nccn1CC(=O)N(CC(=O)O)CC(=O)O)Cc1nccn1CC(=O)N(CC(=O)O)CC(=O)O)C(=O)NCCCC[C@H](NC(=O)N[C@@H](CCC(=O)O)C(=O)O)C(=O)O. The molecule has 0 radical (unpaired) electrons. The van der Waals surface area contributed by atoms with E-state index in [0.717, 1.165) is 0 Å². The minimum Gasteiger partial charge on any atom is -0.481 e. The summed E-state index contributed by atoms with van der Waals surface area (Å²) in [7, 11) is 0. The molecule has 3 atom stereocenters. The fourth-order valence-corrected chi connectivity index (χ4v) is 6.28. The summed E-state index contributed by atoms with van der Waals surface area (Å²) >= 11 is 0. The van der Waals surface area contributed by atoms with Crippen LogP contribution in [0.3, 0.4) is 0 Å². The molecule has 370 valence electrons. The zero-order chi connectivity index (χ0) is 50.2. The van der Waals surface area contributed by atoms with Crippen molar-refractivity contribution in [2.75, 3.05) is 39.3 Å². The number of nitrogens with one attached hydrogen (secondary N) is 3. The molecule has 12 N–H and O–H groups in total. The fourth-order valence-electron chi connectivity index (χ4n) is 6.28. The van der Waals surface area contributed by atoms with Crippen LogP contribution in [0.1, 0.15) is 63.0 Å². The van der Waals surface area contributed by atoms with Gasteiger partial charge in [-0.1, -0.05) is 6.42 Å². The Morgan fingerprint density at radius 2 is 1.01 bits per heavy atom. The quantitative estimate of drug-likeness (QED) is 0.0310. The highest BCUT2D eigenvalue weighted by molar-refractivity contribution is 5.87. The van der Waals surface area contributed by atoms with Gasteiger partial charge in [-0.3, -0.25) is 43.3 Å². The van der Waals surface area contributed by atoms with Crippen molar-refractivity contribution in [1.29, 1.82) is 0 Å². The van der Waals surface area contributed by atoms with Gasteiger partial charge >= 0.3 is 47.8 Å². The molecular weight excluding hydrogens is 898 g/mol. The molecule has 0 saturated heterocycles. The summed E-state index contributed by atoms with van der Waals surface area (Å²) in [6, 6.07) is -5.08. The number of hydrogen-bond donors (Lipinski definition) is 11. The van der Waals surface area contributed by atoms with E-state index >= 15 is 0 Å². The van der Waals surface area contributed by atoms with E-state index in [0.29, 0.717) is 22.6 Å². The number of carboxylic acids is 7. The normalized spacial score (nSPS) is 12.3. The van der Waals surface area contributed by atoms with Gasteiger partial charge in [0.05, 0.1) is 19.1 Å². The first-order valence-electron chi connectivity index (χ1n) is 20.5. The molecule has 29 nitrogen and oxygen atoms in total. The number of rotatable bonds is 34. The number of carbonyl (C=O) groups excluding carboxylic acids is 4. The summed E-state index contributed by atoms with van der Waals surface area (Å²) in [5, 5.41) is 71.1. The second kappa shape index (κ2) is 28.3. The molecule has 2 heterocycles. The van der Waals surface area contributed by atoms with Crippen LogP contribution in [-0.2, 0) is 74.1 Å². The van der Waals surface area contributed by atoms with E-state index in [9.17, 15) is 83.4 Å². The van der Waals surface area contributed by atoms with Crippen LogP contribution in [-0.4, -0.2) is 192 Å². The van der Waals surface area contributed by atoms with Gasteiger partial charge in [-0.25, -0.2) is 24.4 Å². The van der Waals surface area contributed by atoms with Crippen LogP contribution in [0.25, 0.3) is 0 Å². The Bertz CT molecular complexity index is 1950. The van der Waals surface area contributed by atoms with Crippen molar-refractivity contribution < 1.29 is 88.5 Å². The third-order valence-electron chi connectivity index (χ3n) is 9.60. The highest BCUT2D eigenvalue weighted by Gasteiger charge is 2.26. The van der Waals surface area contributed by atoms with Crippen molar-refractivity contribution in [3.8, 4) is 0 Å². The van der Waals surface area contributed by atoms with Gasteiger partial charge in [-0.15, -0.1) is 0 Å². The van der Waals surface area contributed by atoms with Crippen LogP contribution < -0.4 is 21.7 Å². The van der Waals surface area contributed by atoms with Gasteiger partial charge in [-0.05, 0) is 45.1 Å². The maximum absolute atomic E-state index is 13.0. The minimum absolute atomic E-state index is 0.00815. The zero-order valence-corrected chi connectivity index (χ0v) is 36.1. The van der Waals surface area contributed by atoms with Crippen molar-refractivity contribution >= 4 is 65.5 Å². The number of aliphatic carboxylic acids is 7. The number of carbonyl (C=O) groups is 11. The molecule has 0 unspecified atom stereocenters. The third-order valence-corrected chi connectivity index (χ3v) is 9.60. The van der Waals surface area contributed by atoms with Crippen LogP contribution in [0.4, 0.5) is 4.79 Å². The largest absolute Gasteiger partial charge is 0.481 e. The number of nitrogens with zero attached hydrogens (tertiary/aromatic N) is 7. The Balaban J connectivity index is 2.07. The van der Waals surface area contributed by atoms with Gasteiger partial charge in [0.25, 0.3) is 0 Å². The molecule has 29 heteroatoms. The highest BCUT2D eigenvalue weighted by Crippen LogP contribution is 2.13. The lowest BCUT2D eigenvalue weighted by Crippen LogP contribution is -2.51. The number of urea groups is 1. The van der Waals surface area contributed by atoms with E-state index in [1.165, 1.54) is 33.9 Å². The van der Waals surface area contributed by atoms with E-state index in [-0.39, 0.29) is 63.5 Å². The maximum atomic E-state index is 13.0. The predicted molar refractivity (Wildman–Crippen MR) is 222 cm³/mol. The number of aromatic nitrogens is 4.